The Hall–Kier alpha value is -0.870. The van der Waals surface area contributed by atoms with Gasteiger partial charge in [-0.2, -0.15) is 0 Å². The van der Waals surface area contributed by atoms with E-state index in [4.69, 9.17) is 4.74 Å². The third-order valence-electron chi connectivity index (χ3n) is 3.18. The Morgan fingerprint density at radius 3 is 2.94 bits per heavy atom. The van der Waals surface area contributed by atoms with Crippen molar-refractivity contribution in [1.29, 1.82) is 0 Å². The lowest BCUT2D eigenvalue weighted by molar-refractivity contribution is -0.136. The Balaban J connectivity index is 2.35. The van der Waals surface area contributed by atoms with E-state index in [0.29, 0.717) is 11.7 Å². The molecule has 1 heterocycles. The minimum atomic E-state index is -0.245. The Bertz CT molecular complexity index is 289. The van der Waals surface area contributed by atoms with E-state index in [1.54, 1.807) is 6.92 Å². The normalized spacial score (nSPS) is 21.9. The molecule has 104 valence electrons. The molecule has 4 nitrogen and oxygen atoms in total. The van der Waals surface area contributed by atoms with Crippen molar-refractivity contribution in [1.82, 2.24) is 4.90 Å². The van der Waals surface area contributed by atoms with Crippen LogP contribution < -0.4 is 0 Å². The van der Waals surface area contributed by atoms with Crippen LogP contribution in [0.5, 0.6) is 0 Å². The maximum absolute atomic E-state index is 11.3. The molecular weight excluding hydrogens is 230 g/mol. The van der Waals surface area contributed by atoms with Crippen molar-refractivity contribution in [2.45, 2.75) is 39.2 Å². The lowest BCUT2D eigenvalue weighted by Crippen LogP contribution is -2.39. The fourth-order valence-corrected chi connectivity index (χ4v) is 2.11. The molecule has 1 saturated heterocycles. The van der Waals surface area contributed by atoms with Gasteiger partial charge >= 0.3 is 5.97 Å². The van der Waals surface area contributed by atoms with Gasteiger partial charge in [-0.25, -0.2) is 4.79 Å². The summed E-state index contributed by atoms with van der Waals surface area (Å²) in [5.41, 5.74) is 0.675. The summed E-state index contributed by atoms with van der Waals surface area (Å²) >= 11 is 0. The second-order valence-electron chi connectivity index (χ2n) is 4.77. The molecule has 0 aromatic carbocycles. The molecule has 1 aliphatic rings. The van der Waals surface area contributed by atoms with Crippen molar-refractivity contribution < 1.29 is 14.3 Å². The van der Waals surface area contributed by atoms with Gasteiger partial charge in [0.2, 0.25) is 0 Å². The van der Waals surface area contributed by atoms with E-state index >= 15 is 0 Å². The maximum Gasteiger partial charge on any atom is 0.333 e. The predicted octanol–water partition coefficient (Wildman–Crippen LogP) is 2.00. The summed E-state index contributed by atoms with van der Waals surface area (Å²) in [7, 11) is 1.41. The first-order valence-electron chi connectivity index (χ1n) is 6.76. The van der Waals surface area contributed by atoms with Crippen molar-refractivity contribution in [2.75, 3.05) is 33.4 Å². The topological polar surface area (TPSA) is 38.8 Å². The average molecular weight is 255 g/mol. The van der Waals surface area contributed by atoms with Gasteiger partial charge in [0, 0.05) is 25.3 Å². The summed E-state index contributed by atoms with van der Waals surface area (Å²) < 4.78 is 10.5. The van der Waals surface area contributed by atoms with Gasteiger partial charge in [0.15, 0.2) is 0 Å². The van der Waals surface area contributed by atoms with E-state index < -0.39 is 0 Å². The number of piperidine rings is 1. The van der Waals surface area contributed by atoms with Crippen LogP contribution in [0.3, 0.4) is 0 Å². The molecule has 18 heavy (non-hydrogen) atoms. The van der Waals surface area contributed by atoms with Gasteiger partial charge in [-0.1, -0.05) is 13.0 Å². The van der Waals surface area contributed by atoms with Crippen molar-refractivity contribution >= 4 is 5.97 Å². The molecule has 1 unspecified atom stereocenters. The molecule has 1 aliphatic heterocycles. The quantitative estimate of drug-likeness (QED) is 0.537. The zero-order valence-electron chi connectivity index (χ0n) is 11.8. The Kier molecular flexibility index (Phi) is 6.98. The molecule has 1 fully saturated rings. The largest absolute Gasteiger partial charge is 0.466 e. The Morgan fingerprint density at radius 1 is 1.50 bits per heavy atom. The number of carbonyl (C=O) groups excluding carboxylic acids is 1. The summed E-state index contributed by atoms with van der Waals surface area (Å²) in [5, 5.41) is 0. The van der Waals surface area contributed by atoms with Gasteiger partial charge in [0.05, 0.1) is 13.2 Å². The molecule has 0 aliphatic carbocycles. The van der Waals surface area contributed by atoms with Crippen molar-refractivity contribution in [3.8, 4) is 0 Å². The molecule has 0 N–H and O–H groups in total. The van der Waals surface area contributed by atoms with Gasteiger partial charge in [0.25, 0.3) is 0 Å². The minimum absolute atomic E-state index is 0.245. The molecule has 1 rings (SSSR count). The molecule has 0 spiro atoms. The summed E-state index contributed by atoms with van der Waals surface area (Å²) in [4.78, 5) is 13.6. The average Bonchev–Trinajstić information content (AvgIpc) is 2.42. The molecule has 0 saturated carbocycles. The van der Waals surface area contributed by atoms with E-state index in [9.17, 15) is 4.79 Å². The number of rotatable bonds is 6. The van der Waals surface area contributed by atoms with E-state index in [2.05, 4.69) is 16.6 Å². The first-order chi connectivity index (χ1) is 8.67. The number of methoxy groups -OCH3 is 1. The van der Waals surface area contributed by atoms with Crippen LogP contribution in [0, 0.1) is 0 Å². The van der Waals surface area contributed by atoms with Crippen LogP contribution in [0.25, 0.3) is 0 Å². The second-order valence-corrected chi connectivity index (χ2v) is 4.77. The number of likely N-dealkylation sites (tertiary alicyclic amines) is 1. The van der Waals surface area contributed by atoms with Crippen LogP contribution in [0.15, 0.2) is 11.6 Å². The zero-order valence-corrected chi connectivity index (χ0v) is 11.8. The van der Waals surface area contributed by atoms with Crippen LogP contribution >= 0.6 is 0 Å². The first kappa shape index (κ1) is 15.2. The van der Waals surface area contributed by atoms with E-state index in [1.807, 2.05) is 6.08 Å². The van der Waals surface area contributed by atoms with Crippen LogP contribution in [0.2, 0.25) is 0 Å². The maximum atomic E-state index is 11.3. The Labute approximate surface area is 110 Å². The lowest BCUT2D eigenvalue weighted by atomic mass is 10.1. The highest BCUT2D eigenvalue weighted by atomic mass is 16.5. The minimum Gasteiger partial charge on any atom is -0.466 e. The van der Waals surface area contributed by atoms with E-state index in [0.717, 1.165) is 39.1 Å². The summed E-state index contributed by atoms with van der Waals surface area (Å²) in [6, 6.07) is 0. The number of hydrogen-bond acceptors (Lipinski definition) is 4. The molecule has 0 amide bonds. The summed E-state index contributed by atoms with van der Waals surface area (Å²) in [6.07, 6.45) is 5.67. The number of ether oxygens (including phenoxy) is 2. The van der Waals surface area contributed by atoms with Crippen molar-refractivity contribution in [3.63, 3.8) is 0 Å². The molecule has 0 bridgehead atoms. The summed E-state index contributed by atoms with van der Waals surface area (Å²) in [5.74, 6) is -0.245. The number of carbonyl (C=O) groups is 1. The van der Waals surface area contributed by atoms with Gasteiger partial charge in [0.1, 0.15) is 0 Å². The third kappa shape index (κ3) is 5.19. The summed E-state index contributed by atoms with van der Waals surface area (Å²) in [6.45, 7) is 7.61. The fourth-order valence-electron chi connectivity index (χ4n) is 2.11. The molecule has 4 heteroatoms. The lowest BCUT2D eigenvalue weighted by Gasteiger charge is -2.31. The first-order valence-corrected chi connectivity index (χ1v) is 6.76. The molecule has 1 atom stereocenters. The smallest absolute Gasteiger partial charge is 0.333 e. The number of esters is 1. The van der Waals surface area contributed by atoms with E-state index in [1.165, 1.54) is 13.5 Å². The monoisotopic (exact) mass is 255 g/mol. The van der Waals surface area contributed by atoms with Crippen molar-refractivity contribution in [3.05, 3.63) is 11.6 Å². The van der Waals surface area contributed by atoms with Crippen LogP contribution in [-0.2, 0) is 14.3 Å². The van der Waals surface area contributed by atoms with Gasteiger partial charge in [-0.05, 0) is 32.7 Å². The van der Waals surface area contributed by atoms with E-state index in [-0.39, 0.29) is 5.97 Å². The van der Waals surface area contributed by atoms with Gasteiger partial charge in [-0.15, -0.1) is 0 Å². The zero-order chi connectivity index (χ0) is 13.4. The highest BCUT2D eigenvalue weighted by Gasteiger charge is 2.19. The van der Waals surface area contributed by atoms with Crippen molar-refractivity contribution in [2.24, 2.45) is 0 Å². The second kappa shape index (κ2) is 8.27. The fraction of sp³-hybridized carbons (Fsp3) is 0.786. The highest BCUT2D eigenvalue weighted by molar-refractivity contribution is 5.87. The van der Waals surface area contributed by atoms with Crippen LogP contribution in [0.1, 0.15) is 33.1 Å². The SMILES string of the molecule is CCCOC1CCCN(CC=C(C)C(=O)OC)C1. The van der Waals surface area contributed by atoms with Gasteiger partial charge < -0.3 is 9.47 Å². The highest BCUT2D eigenvalue weighted by Crippen LogP contribution is 2.13. The number of nitrogens with zero attached hydrogens (tertiary/aromatic N) is 1. The van der Waals surface area contributed by atoms with Crippen LogP contribution in [-0.4, -0.2) is 50.3 Å². The predicted molar refractivity (Wildman–Crippen MR) is 71.5 cm³/mol. The van der Waals surface area contributed by atoms with Gasteiger partial charge in [-0.3, -0.25) is 4.90 Å². The van der Waals surface area contributed by atoms with Crippen LogP contribution in [0.4, 0.5) is 0 Å². The molecule has 0 aromatic rings. The molecule has 0 aromatic heterocycles. The number of hydrogen-bond donors (Lipinski definition) is 0. The standard InChI is InChI=1S/C14H25NO3/c1-4-10-18-13-6-5-8-15(11-13)9-7-12(2)14(16)17-3/h7,13H,4-6,8-11H2,1-3H3. The third-order valence-corrected chi connectivity index (χ3v) is 3.18. The Morgan fingerprint density at radius 2 is 2.28 bits per heavy atom. The molecule has 0 radical (unpaired) electrons. The molecular formula is C14H25NO3.